The van der Waals surface area contributed by atoms with Gasteiger partial charge in [0.15, 0.2) is 12.3 Å². The average Bonchev–Trinajstić information content (AvgIpc) is 2.74. The van der Waals surface area contributed by atoms with E-state index in [1.165, 1.54) is 43.5 Å². The Hall–Kier alpha value is -2.16. The minimum atomic E-state index is -1.83. The highest BCUT2D eigenvalue weighted by Gasteiger charge is 2.32. The van der Waals surface area contributed by atoms with Crippen molar-refractivity contribution in [1.82, 2.24) is 0 Å². The van der Waals surface area contributed by atoms with Crippen molar-refractivity contribution in [1.29, 1.82) is 0 Å². The quantitative estimate of drug-likeness (QED) is 0.199. The maximum atomic E-state index is 14.6. The lowest BCUT2D eigenvalue weighted by Crippen LogP contribution is -2.39. The van der Waals surface area contributed by atoms with Crippen LogP contribution >= 0.6 is 39.1 Å². The fraction of sp³-hybridized carbons (Fsp3) is 0.250. The SMILES string of the molecule is CO/N=C\[C@@H](F)[C@H](OC(=O)c1ccc(Cl)cc1)[C@@H](Br)COC(=O)c1ccc(Cl)cc1. The number of alkyl halides is 2. The van der Waals surface area contributed by atoms with Gasteiger partial charge in [-0.05, 0) is 48.5 Å². The highest BCUT2D eigenvalue weighted by molar-refractivity contribution is 9.09. The molecule has 2 rings (SSSR count). The molecule has 3 atom stereocenters. The first kappa shape index (κ1) is 24.1. The van der Waals surface area contributed by atoms with Crippen LogP contribution in [0.4, 0.5) is 4.39 Å². The lowest BCUT2D eigenvalue weighted by molar-refractivity contribution is 0.00846. The number of nitrogens with zero attached hydrogens (tertiary/aromatic N) is 1. The van der Waals surface area contributed by atoms with E-state index < -0.39 is 29.0 Å². The van der Waals surface area contributed by atoms with Gasteiger partial charge in [0, 0.05) is 10.0 Å². The van der Waals surface area contributed by atoms with E-state index >= 15 is 0 Å². The normalized spacial score (nSPS) is 14.0. The molecular weight excluding hydrogens is 504 g/mol. The number of benzene rings is 2. The maximum Gasteiger partial charge on any atom is 0.338 e. The van der Waals surface area contributed by atoms with Crippen LogP contribution < -0.4 is 0 Å². The molecule has 0 bridgehead atoms. The smallest absolute Gasteiger partial charge is 0.338 e. The molecule has 0 aromatic heterocycles. The van der Waals surface area contributed by atoms with Gasteiger partial charge in [0.1, 0.15) is 13.7 Å². The third kappa shape index (κ3) is 7.27. The monoisotopic (exact) mass is 519 g/mol. The van der Waals surface area contributed by atoms with E-state index in [1.807, 2.05) is 0 Å². The Kier molecular flexibility index (Phi) is 9.55. The second kappa shape index (κ2) is 11.9. The zero-order valence-corrected chi connectivity index (χ0v) is 18.7. The largest absolute Gasteiger partial charge is 0.461 e. The zero-order valence-electron chi connectivity index (χ0n) is 15.6. The number of hydrogen-bond acceptors (Lipinski definition) is 6. The summed E-state index contributed by atoms with van der Waals surface area (Å²) in [5.41, 5.74) is 0.449. The summed E-state index contributed by atoms with van der Waals surface area (Å²) in [7, 11) is 1.25. The average molecular weight is 521 g/mol. The van der Waals surface area contributed by atoms with Gasteiger partial charge in [-0.2, -0.15) is 0 Å². The van der Waals surface area contributed by atoms with Gasteiger partial charge in [-0.1, -0.05) is 44.3 Å². The van der Waals surface area contributed by atoms with E-state index in [9.17, 15) is 14.0 Å². The summed E-state index contributed by atoms with van der Waals surface area (Å²) in [6.07, 6.45) is -2.35. The minimum absolute atomic E-state index is 0.179. The van der Waals surface area contributed by atoms with E-state index in [4.69, 9.17) is 32.7 Å². The van der Waals surface area contributed by atoms with Crippen LogP contribution in [0.5, 0.6) is 0 Å². The molecule has 0 amide bonds. The van der Waals surface area contributed by atoms with Crippen molar-refractivity contribution >= 4 is 57.3 Å². The molecular formula is C20H17BrCl2FNO5. The molecule has 2 aromatic rings. The first-order chi connectivity index (χ1) is 14.3. The highest BCUT2D eigenvalue weighted by atomic mass is 79.9. The summed E-state index contributed by atoms with van der Waals surface area (Å²) in [5.74, 6) is -1.42. The Balaban J connectivity index is 2.07. The third-order valence-corrected chi connectivity index (χ3v) is 5.04. The van der Waals surface area contributed by atoms with Crippen LogP contribution in [0.1, 0.15) is 20.7 Å². The maximum absolute atomic E-state index is 14.6. The fourth-order valence-corrected chi connectivity index (χ4v) is 3.02. The van der Waals surface area contributed by atoms with Crippen molar-refractivity contribution in [3.8, 4) is 0 Å². The molecule has 0 heterocycles. The molecule has 0 saturated carbocycles. The van der Waals surface area contributed by atoms with Crippen LogP contribution in [0.2, 0.25) is 10.0 Å². The topological polar surface area (TPSA) is 74.2 Å². The Bertz CT molecular complexity index is 880. The molecule has 2 aromatic carbocycles. The zero-order chi connectivity index (χ0) is 22.1. The summed E-state index contributed by atoms with van der Waals surface area (Å²) in [4.78, 5) is 28.1. The number of hydrogen-bond donors (Lipinski definition) is 0. The van der Waals surface area contributed by atoms with Gasteiger partial charge in [0.25, 0.3) is 0 Å². The Morgan fingerprint density at radius 1 is 1.03 bits per heavy atom. The van der Waals surface area contributed by atoms with Gasteiger partial charge < -0.3 is 14.3 Å². The Morgan fingerprint density at radius 2 is 1.53 bits per heavy atom. The van der Waals surface area contributed by atoms with Crippen molar-refractivity contribution in [3.63, 3.8) is 0 Å². The summed E-state index contributed by atoms with van der Waals surface area (Å²) in [6.45, 7) is -0.277. The van der Waals surface area contributed by atoms with Crippen LogP contribution in [0.15, 0.2) is 53.7 Å². The lowest BCUT2D eigenvalue weighted by Gasteiger charge is -2.24. The predicted molar refractivity (Wildman–Crippen MR) is 116 cm³/mol. The Morgan fingerprint density at radius 3 is 2.03 bits per heavy atom. The first-order valence-electron chi connectivity index (χ1n) is 8.56. The summed E-state index contributed by atoms with van der Waals surface area (Å²) < 4.78 is 25.1. The van der Waals surface area contributed by atoms with E-state index in [2.05, 4.69) is 25.9 Å². The van der Waals surface area contributed by atoms with Crippen molar-refractivity contribution in [2.75, 3.05) is 13.7 Å². The van der Waals surface area contributed by atoms with Crippen molar-refractivity contribution < 1.29 is 28.3 Å². The van der Waals surface area contributed by atoms with Gasteiger partial charge in [-0.25, -0.2) is 14.0 Å². The molecule has 0 unspecified atom stereocenters. The van der Waals surface area contributed by atoms with Gasteiger partial charge >= 0.3 is 11.9 Å². The van der Waals surface area contributed by atoms with Gasteiger partial charge in [0.05, 0.1) is 22.2 Å². The standard InChI is InChI=1S/C20H17BrCl2FNO5/c1-28-25-10-17(24)18(30-20(27)13-4-8-15(23)9-5-13)16(21)11-29-19(26)12-2-6-14(22)7-3-12/h2-10,16-18H,11H2,1H3/b25-10-/t16-,17+,18+/m0/s1. The molecule has 30 heavy (non-hydrogen) atoms. The number of esters is 2. The summed E-state index contributed by atoms with van der Waals surface area (Å²) >= 11 is 14.8. The molecule has 0 aliphatic heterocycles. The van der Waals surface area contributed by atoms with Crippen LogP contribution in [0.25, 0.3) is 0 Å². The second-order valence-electron chi connectivity index (χ2n) is 5.88. The van der Waals surface area contributed by atoms with Crippen LogP contribution in [-0.4, -0.2) is 49.0 Å². The van der Waals surface area contributed by atoms with E-state index in [-0.39, 0.29) is 17.7 Å². The van der Waals surface area contributed by atoms with Gasteiger partial charge in [-0.15, -0.1) is 0 Å². The Labute approximate surface area is 191 Å². The van der Waals surface area contributed by atoms with Gasteiger partial charge in [0.2, 0.25) is 0 Å². The molecule has 10 heteroatoms. The number of ether oxygens (including phenoxy) is 2. The van der Waals surface area contributed by atoms with Gasteiger partial charge in [-0.3, -0.25) is 0 Å². The molecule has 6 nitrogen and oxygen atoms in total. The van der Waals surface area contributed by atoms with E-state index in [0.717, 1.165) is 6.21 Å². The number of halogens is 4. The molecule has 0 aliphatic carbocycles. The number of carbonyl (C=O) groups is 2. The van der Waals surface area contributed by atoms with Crippen LogP contribution in [0, 0.1) is 0 Å². The van der Waals surface area contributed by atoms with Crippen LogP contribution in [-0.2, 0) is 14.3 Å². The molecule has 0 N–H and O–H groups in total. The van der Waals surface area contributed by atoms with Crippen molar-refractivity contribution in [2.24, 2.45) is 5.16 Å². The number of rotatable bonds is 9. The molecule has 0 aliphatic rings. The van der Waals surface area contributed by atoms with Crippen LogP contribution in [0.3, 0.4) is 0 Å². The minimum Gasteiger partial charge on any atom is -0.461 e. The molecule has 0 spiro atoms. The lowest BCUT2D eigenvalue weighted by atomic mass is 10.1. The van der Waals surface area contributed by atoms with E-state index in [0.29, 0.717) is 10.0 Å². The van der Waals surface area contributed by atoms with E-state index in [1.54, 1.807) is 12.1 Å². The predicted octanol–water partition coefficient (Wildman–Crippen LogP) is 5.11. The molecule has 0 radical (unpaired) electrons. The number of oxime groups is 1. The fourth-order valence-electron chi connectivity index (χ4n) is 2.24. The van der Waals surface area contributed by atoms with Crippen molar-refractivity contribution in [3.05, 3.63) is 69.7 Å². The summed E-state index contributed by atoms with van der Waals surface area (Å²) in [5, 5.41) is 4.27. The first-order valence-corrected chi connectivity index (χ1v) is 10.2. The highest BCUT2D eigenvalue weighted by Crippen LogP contribution is 2.20. The third-order valence-electron chi connectivity index (χ3n) is 3.76. The van der Waals surface area contributed by atoms with Crippen molar-refractivity contribution in [2.45, 2.75) is 17.1 Å². The summed E-state index contributed by atoms with van der Waals surface area (Å²) in [6, 6.07) is 12.0. The second-order valence-corrected chi connectivity index (χ2v) is 7.93. The number of carbonyl (C=O) groups excluding carboxylic acids is 2. The molecule has 0 fully saturated rings. The molecule has 0 saturated heterocycles. The molecule has 160 valence electrons.